The van der Waals surface area contributed by atoms with E-state index in [4.69, 9.17) is 23.2 Å². The Hall–Kier alpha value is -2.04. The Kier molecular flexibility index (Phi) is 3.82. The molecule has 0 amide bonds. The highest BCUT2D eigenvalue weighted by Crippen LogP contribution is 2.28. The zero-order chi connectivity index (χ0) is 14.8. The Bertz CT molecular complexity index is 768. The van der Waals surface area contributed by atoms with Crippen LogP contribution in [0.15, 0.2) is 42.5 Å². The highest BCUT2D eigenvalue weighted by molar-refractivity contribution is 6.33. The van der Waals surface area contributed by atoms with E-state index in [1.807, 2.05) is 37.3 Å². The van der Waals surface area contributed by atoms with Crippen molar-refractivity contribution in [3.05, 3.63) is 58.1 Å². The molecule has 0 unspecified atom stereocenters. The lowest BCUT2D eigenvalue weighted by molar-refractivity contribution is 0.875. The van der Waals surface area contributed by atoms with Gasteiger partial charge in [0.1, 0.15) is 0 Å². The first-order valence-electron chi connectivity index (χ1n) is 6.24. The second-order valence-electron chi connectivity index (χ2n) is 4.46. The maximum atomic E-state index is 6.19. The molecular formula is C15H10Cl2N4. The first kappa shape index (κ1) is 13.9. The minimum Gasteiger partial charge on any atom is -0.126 e. The molecule has 0 saturated heterocycles. The van der Waals surface area contributed by atoms with Crippen molar-refractivity contribution in [1.82, 2.24) is 20.4 Å². The summed E-state index contributed by atoms with van der Waals surface area (Å²) in [4.78, 5) is 0. The Morgan fingerprint density at radius 1 is 0.714 bits per heavy atom. The smallest absolute Gasteiger partial charge is 0.126 e. The Morgan fingerprint density at radius 3 is 2.00 bits per heavy atom. The predicted molar refractivity (Wildman–Crippen MR) is 83.3 cm³/mol. The maximum Gasteiger partial charge on any atom is 0.205 e. The molecule has 0 spiro atoms. The fraction of sp³-hybridized carbons (Fsp3) is 0.0667. The monoisotopic (exact) mass is 316 g/mol. The molecule has 0 radical (unpaired) electrons. The fourth-order valence-corrected chi connectivity index (χ4v) is 2.52. The van der Waals surface area contributed by atoms with Crippen molar-refractivity contribution in [3.8, 4) is 22.8 Å². The average molecular weight is 317 g/mol. The summed E-state index contributed by atoms with van der Waals surface area (Å²) < 4.78 is 0. The van der Waals surface area contributed by atoms with Crippen molar-refractivity contribution < 1.29 is 0 Å². The molecule has 1 aromatic heterocycles. The molecule has 0 fully saturated rings. The Morgan fingerprint density at radius 2 is 1.33 bits per heavy atom. The summed E-state index contributed by atoms with van der Waals surface area (Å²) >= 11 is 12.3. The molecule has 3 rings (SSSR count). The average Bonchev–Trinajstić information content (AvgIpc) is 2.48. The number of rotatable bonds is 2. The molecule has 0 aliphatic heterocycles. The summed E-state index contributed by atoms with van der Waals surface area (Å²) in [5.74, 6) is 0.781. The molecule has 0 N–H and O–H groups in total. The molecule has 1 heterocycles. The zero-order valence-electron chi connectivity index (χ0n) is 11.1. The van der Waals surface area contributed by atoms with E-state index in [9.17, 15) is 0 Å². The fourth-order valence-electron chi connectivity index (χ4n) is 1.99. The largest absolute Gasteiger partial charge is 0.205 e. The molecule has 0 aliphatic carbocycles. The molecule has 2 aromatic carbocycles. The van der Waals surface area contributed by atoms with Crippen molar-refractivity contribution in [1.29, 1.82) is 0 Å². The highest BCUT2D eigenvalue weighted by Gasteiger charge is 2.13. The summed E-state index contributed by atoms with van der Waals surface area (Å²) in [5.41, 5.74) is 2.41. The van der Waals surface area contributed by atoms with Gasteiger partial charge in [0.15, 0.2) is 0 Å². The summed E-state index contributed by atoms with van der Waals surface area (Å²) in [6, 6.07) is 12.9. The van der Waals surface area contributed by atoms with Gasteiger partial charge in [-0.3, -0.25) is 0 Å². The van der Waals surface area contributed by atoms with Gasteiger partial charge < -0.3 is 0 Å². The second-order valence-corrected chi connectivity index (χ2v) is 5.27. The number of halogens is 2. The van der Waals surface area contributed by atoms with E-state index in [-0.39, 0.29) is 0 Å². The van der Waals surface area contributed by atoms with Gasteiger partial charge in [-0.15, -0.1) is 20.4 Å². The van der Waals surface area contributed by atoms with Gasteiger partial charge in [0, 0.05) is 11.1 Å². The van der Waals surface area contributed by atoms with E-state index >= 15 is 0 Å². The van der Waals surface area contributed by atoms with Crippen LogP contribution in [-0.4, -0.2) is 20.4 Å². The van der Waals surface area contributed by atoms with Crippen LogP contribution >= 0.6 is 23.2 Å². The normalized spacial score (nSPS) is 10.6. The number of hydrogen-bond acceptors (Lipinski definition) is 4. The van der Waals surface area contributed by atoms with Crippen LogP contribution in [0.3, 0.4) is 0 Å². The quantitative estimate of drug-likeness (QED) is 0.710. The first-order valence-corrected chi connectivity index (χ1v) is 7.00. The Balaban J connectivity index is 2.04. The summed E-state index contributed by atoms with van der Waals surface area (Å²) in [7, 11) is 0. The molecular weight excluding hydrogens is 307 g/mol. The van der Waals surface area contributed by atoms with Gasteiger partial charge in [0.2, 0.25) is 11.6 Å². The van der Waals surface area contributed by atoms with Gasteiger partial charge in [-0.1, -0.05) is 47.5 Å². The minimum atomic E-state index is 0.383. The van der Waals surface area contributed by atoms with Gasteiger partial charge in [-0.05, 0) is 30.7 Å². The van der Waals surface area contributed by atoms with Gasteiger partial charge in [-0.2, -0.15) is 0 Å². The van der Waals surface area contributed by atoms with E-state index in [1.165, 1.54) is 0 Å². The molecule has 6 heteroatoms. The van der Waals surface area contributed by atoms with Crippen LogP contribution in [0.5, 0.6) is 0 Å². The van der Waals surface area contributed by atoms with Crippen molar-refractivity contribution >= 4 is 23.2 Å². The number of nitrogens with zero attached hydrogens (tertiary/aromatic N) is 4. The topological polar surface area (TPSA) is 51.6 Å². The zero-order valence-corrected chi connectivity index (χ0v) is 12.6. The van der Waals surface area contributed by atoms with Gasteiger partial charge in [0.05, 0.1) is 10.0 Å². The standard InChI is InChI=1S/C15H10Cl2N4/c1-9-5-4-8-12(17)13(9)15-20-18-14(19-21-15)10-6-2-3-7-11(10)16/h2-8H,1H3. The molecule has 0 bridgehead atoms. The van der Waals surface area contributed by atoms with Crippen LogP contribution in [0.4, 0.5) is 0 Å². The van der Waals surface area contributed by atoms with Crippen LogP contribution < -0.4 is 0 Å². The number of aryl methyl sites for hydroxylation is 1. The molecule has 0 atom stereocenters. The SMILES string of the molecule is Cc1cccc(Cl)c1-c1nnc(-c2ccccc2Cl)nn1. The summed E-state index contributed by atoms with van der Waals surface area (Å²) in [5, 5.41) is 17.6. The lowest BCUT2D eigenvalue weighted by Crippen LogP contribution is -2.01. The van der Waals surface area contributed by atoms with E-state index in [1.54, 1.807) is 12.1 Å². The molecule has 0 saturated carbocycles. The van der Waals surface area contributed by atoms with E-state index in [0.29, 0.717) is 27.3 Å². The third kappa shape index (κ3) is 2.73. The highest BCUT2D eigenvalue weighted by atomic mass is 35.5. The summed E-state index contributed by atoms with van der Waals surface area (Å²) in [6.07, 6.45) is 0. The lowest BCUT2D eigenvalue weighted by atomic mass is 10.1. The Labute approximate surface area is 131 Å². The van der Waals surface area contributed by atoms with E-state index < -0.39 is 0 Å². The van der Waals surface area contributed by atoms with Crippen LogP contribution in [-0.2, 0) is 0 Å². The van der Waals surface area contributed by atoms with Gasteiger partial charge in [-0.25, -0.2) is 0 Å². The molecule has 0 aliphatic rings. The lowest BCUT2D eigenvalue weighted by Gasteiger charge is -2.06. The maximum absolute atomic E-state index is 6.19. The van der Waals surface area contributed by atoms with Crippen molar-refractivity contribution in [2.24, 2.45) is 0 Å². The van der Waals surface area contributed by atoms with Crippen molar-refractivity contribution in [3.63, 3.8) is 0 Å². The number of hydrogen-bond donors (Lipinski definition) is 0. The van der Waals surface area contributed by atoms with Gasteiger partial charge in [0.25, 0.3) is 0 Å². The van der Waals surface area contributed by atoms with Gasteiger partial charge >= 0.3 is 0 Å². The molecule has 104 valence electrons. The first-order chi connectivity index (χ1) is 10.2. The van der Waals surface area contributed by atoms with Crippen LogP contribution in [0, 0.1) is 6.92 Å². The summed E-state index contributed by atoms with van der Waals surface area (Å²) in [6.45, 7) is 1.94. The van der Waals surface area contributed by atoms with Crippen LogP contribution in [0.1, 0.15) is 5.56 Å². The molecule has 21 heavy (non-hydrogen) atoms. The van der Waals surface area contributed by atoms with Crippen molar-refractivity contribution in [2.75, 3.05) is 0 Å². The predicted octanol–water partition coefficient (Wildman–Crippen LogP) is 4.22. The third-order valence-corrected chi connectivity index (χ3v) is 3.68. The second kappa shape index (κ2) is 5.76. The van der Waals surface area contributed by atoms with E-state index in [2.05, 4.69) is 20.4 Å². The third-order valence-electron chi connectivity index (χ3n) is 3.04. The minimum absolute atomic E-state index is 0.383. The van der Waals surface area contributed by atoms with E-state index in [0.717, 1.165) is 11.1 Å². The van der Waals surface area contributed by atoms with Crippen LogP contribution in [0.25, 0.3) is 22.8 Å². The number of aromatic nitrogens is 4. The molecule has 4 nitrogen and oxygen atoms in total. The molecule has 3 aromatic rings. The number of benzene rings is 2. The van der Waals surface area contributed by atoms with Crippen LogP contribution in [0.2, 0.25) is 10.0 Å². The van der Waals surface area contributed by atoms with Crippen molar-refractivity contribution in [2.45, 2.75) is 6.92 Å².